The second-order valence-corrected chi connectivity index (χ2v) is 5.62. The van der Waals surface area contributed by atoms with Crippen molar-refractivity contribution in [2.45, 2.75) is 52.4 Å². The smallest absolute Gasteiger partial charge is 0.0131 e. The number of benzene rings is 1. The Morgan fingerprint density at radius 1 is 1.19 bits per heavy atom. The van der Waals surface area contributed by atoms with Crippen LogP contribution in [-0.2, 0) is 0 Å². The number of fused-ring (bicyclic) bond motifs is 1. The van der Waals surface area contributed by atoms with Crippen LogP contribution in [0.15, 0.2) is 24.3 Å². The first-order chi connectivity index (χ1) is 7.65. The number of hydrogen-bond donors (Lipinski definition) is 0. The van der Waals surface area contributed by atoms with Crippen LogP contribution in [-0.4, -0.2) is 0 Å². The first-order valence-electron chi connectivity index (χ1n) is 6.74. The summed E-state index contributed by atoms with van der Waals surface area (Å²) in [4.78, 5) is 0. The van der Waals surface area contributed by atoms with Gasteiger partial charge in [0.25, 0.3) is 0 Å². The zero-order valence-corrected chi connectivity index (χ0v) is 11.0. The van der Waals surface area contributed by atoms with Crippen LogP contribution in [0.25, 0.3) is 0 Å². The Morgan fingerprint density at radius 2 is 1.81 bits per heavy atom. The summed E-state index contributed by atoms with van der Waals surface area (Å²) >= 11 is 0. The summed E-state index contributed by atoms with van der Waals surface area (Å²) in [6, 6.07) is 9.09. The predicted molar refractivity (Wildman–Crippen MR) is 70.8 cm³/mol. The minimum Gasteiger partial charge on any atom is -0.0651 e. The van der Waals surface area contributed by atoms with Gasteiger partial charge in [0.15, 0.2) is 0 Å². The molecule has 1 aromatic rings. The highest BCUT2D eigenvalue weighted by atomic mass is 14.4. The van der Waals surface area contributed by atoms with Crippen LogP contribution in [0, 0.1) is 11.8 Å². The van der Waals surface area contributed by atoms with Crippen molar-refractivity contribution in [1.82, 2.24) is 0 Å². The van der Waals surface area contributed by atoms with Gasteiger partial charge in [0, 0.05) is 0 Å². The van der Waals surface area contributed by atoms with E-state index in [4.69, 9.17) is 0 Å². The maximum atomic E-state index is 2.41. The third-order valence-electron chi connectivity index (χ3n) is 4.70. The molecule has 0 bridgehead atoms. The van der Waals surface area contributed by atoms with Gasteiger partial charge < -0.3 is 0 Å². The third kappa shape index (κ3) is 1.90. The third-order valence-corrected chi connectivity index (χ3v) is 4.70. The van der Waals surface area contributed by atoms with Crippen LogP contribution < -0.4 is 0 Å². The Balaban J connectivity index is 2.40. The summed E-state index contributed by atoms with van der Waals surface area (Å²) in [5.74, 6) is 3.16. The van der Waals surface area contributed by atoms with Crippen molar-refractivity contribution in [1.29, 1.82) is 0 Å². The fourth-order valence-corrected chi connectivity index (χ4v) is 3.12. The molecule has 0 saturated carbocycles. The topological polar surface area (TPSA) is 0 Å². The van der Waals surface area contributed by atoms with Crippen LogP contribution in [0.5, 0.6) is 0 Å². The van der Waals surface area contributed by atoms with Crippen molar-refractivity contribution in [3.8, 4) is 0 Å². The zero-order valence-electron chi connectivity index (χ0n) is 11.0. The van der Waals surface area contributed by atoms with Crippen LogP contribution in [0.1, 0.15) is 63.5 Å². The summed E-state index contributed by atoms with van der Waals surface area (Å²) in [6.07, 6.45) is 2.66. The normalized spacial score (nSPS) is 30.9. The minimum atomic E-state index is 0.733. The van der Waals surface area contributed by atoms with Crippen molar-refractivity contribution in [3.63, 3.8) is 0 Å². The standard InChI is InChI=1S/C16H24/c1-5-11(2)16-10-12(3)13(4)14-8-6-7-9-15(14)16/h6-9,11-13,16H,5,10H2,1-4H3/t11-,12-,13-,16?/m1/s1. The lowest BCUT2D eigenvalue weighted by Gasteiger charge is -2.37. The van der Waals surface area contributed by atoms with E-state index >= 15 is 0 Å². The lowest BCUT2D eigenvalue weighted by molar-refractivity contribution is 0.311. The molecule has 0 heterocycles. The van der Waals surface area contributed by atoms with Crippen molar-refractivity contribution >= 4 is 0 Å². The average Bonchev–Trinajstić information content (AvgIpc) is 2.33. The second kappa shape index (κ2) is 4.61. The molecule has 0 radical (unpaired) electrons. The van der Waals surface area contributed by atoms with Gasteiger partial charge in [-0.2, -0.15) is 0 Å². The van der Waals surface area contributed by atoms with E-state index in [1.165, 1.54) is 12.8 Å². The molecule has 16 heavy (non-hydrogen) atoms. The SMILES string of the molecule is CC[C@@H](C)C1C[C@@H](C)[C@@H](C)c2ccccc21. The molecule has 0 aromatic heterocycles. The summed E-state index contributed by atoms with van der Waals surface area (Å²) in [7, 11) is 0. The number of rotatable bonds is 2. The van der Waals surface area contributed by atoms with Gasteiger partial charge in [-0.3, -0.25) is 0 Å². The molecule has 4 atom stereocenters. The van der Waals surface area contributed by atoms with E-state index in [1.807, 2.05) is 0 Å². The van der Waals surface area contributed by atoms with E-state index in [1.54, 1.807) is 11.1 Å². The lowest BCUT2D eigenvalue weighted by Crippen LogP contribution is -2.23. The van der Waals surface area contributed by atoms with Crippen molar-refractivity contribution in [3.05, 3.63) is 35.4 Å². The Morgan fingerprint density at radius 3 is 2.44 bits per heavy atom. The Hall–Kier alpha value is -0.780. The Kier molecular flexibility index (Phi) is 3.37. The van der Waals surface area contributed by atoms with E-state index in [0.717, 1.165) is 23.7 Å². The van der Waals surface area contributed by atoms with Gasteiger partial charge in [0.2, 0.25) is 0 Å². The summed E-state index contributed by atoms with van der Waals surface area (Å²) in [5.41, 5.74) is 3.23. The molecule has 88 valence electrons. The van der Waals surface area contributed by atoms with Gasteiger partial charge in [-0.05, 0) is 41.2 Å². The van der Waals surface area contributed by atoms with Crippen molar-refractivity contribution in [2.24, 2.45) is 11.8 Å². The maximum Gasteiger partial charge on any atom is -0.0131 e. The molecule has 0 N–H and O–H groups in total. The van der Waals surface area contributed by atoms with Crippen LogP contribution >= 0.6 is 0 Å². The van der Waals surface area contributed by atoms with Gasteiger partial charge in [0.1, 0.15) is 0 Å². The summed E-state index contributed by atoms with van der Waals surface area (Å²) < 4.78 is 0. The first kappa shape index (κ1) is 11.7. The molecule has 1 unspecified atom stereocenters. The molecular formula is C16H24. The molecule has 0 aliphatic heterocycles. The average molecular weight is 216 g/mol. The molecule has 0 fully saturated rings. The van der Waals surface area contributed by atoms with E-state index in [9.17, 15) is 0 Å². The molecule has 0 spiro atoms. The van der Waals surface area contributed by atoms with Gasteiger partial charge in [-0.15, -0.1) is 0 Å². The fraction of sp³-hybridized carbons (Fsp3) is 0.625. The molecule has 2 rings (SSSR count). The molecule has 1 aliphatic rings. The van der Waals surface area contributed by atoms with Crippen LogP contribution in [0.4, 0.5) is 0 Å². The maximum absolute atomic E-state index is 2.41. The Bertz CT molecular complexity index is 353. The predicted octanol–water partition coefficient (Wildman–Crippen LogP) is 4.96. The molecular weight excluding hydrogens is 192 g/mol. The quantitative estimate of drug-likeness (QED) is 0.655. The van der Waals surface area contributed by atoms with E-state index in [-0.39, 0.29) is 0 Å². The molecule has 1 aromatic carbocycles. The van der Waals surface area contributed by atoms with Crippen molar-refractivity contribution in [2.75, 3.05) is 0 Å². The summed E-state index contributed by atoms with van der Waals surface area (Å²) in [6.45, 7) is 9.52. The molecule has 0 amide bonds. The highest BCUT2D eigenvalue weighted by Gasteiger charge is 2.31. The molecule has 1 aliphatic carbocycles. The summed E-state index contributed by atoms with van der Waals surface area (Å²) in [5, 5.41) is 0. The highest BCUT2D eigenvalue weighted by molar-refractivity contribution is 5.36. The van der Waals surface area contributed by atoms with Crippen molar-refractivity contribution < 1.29 is 0 Å². The van der Waals surface area contributed by atoms with Gasteiger partial charge in [0.05, 0.1) is 0 Å². The van der Waals surface area contributed by atoms with E-state index < -0.39 is 0 Å². The molecule has 0 nitrogen and oxygen atoms in total. The largest absolute Gasteiger partial charge is 0.0651 e. The lowest BCUT2D eigenvalue weighted by atomic mass is 9.67. The van der Waals surface area contributed by atoms with E-state index in [0.29, 0.717) is 0 Å². The van der Waals surface area contributed by atoms with Gasteiger partial charge in [-0.1, -0.05) is 58.4 Å². The van der Waals surface area contributed by atoms with Gasteiger partial charge >= 0.3 is 0 Å². The molecule has 0 heteroatoms. The zero-order chi connectivity index (χ0) is 11.7. The first-order valence-corrected chi connectivity index (χ1v) is 6.74. The minimum absolute atomic E-state index is 0.733. The Labute approximate surface area is 100 Å². The fourth-order valence-electron chi connectivity index (χ4n) is 3.12. The second-order valence-electron chi connectivity index (χ2n) is 5.62. The monoisotopic (exact) mass is 216 g/mol. The highest BCUT2D eigenvalue weighted by Crippen LogP contribution is 2.45. The van der Waals surface area contributed by atoms with E-state index in [2.05, 4.69) is 52.0 Å². The van der Waals surface area contributed by atoms with Gasteiger partial charge in [-0.25, -0.2) is 0 Å². The van der Waals surface area contributed by atoms with Crippen LogP contribution in [0.3, 0.4) is 0 Å². The number of hydrogen-bond acceptors (Lipinski definition) is 0. The molecule has 0 saturated heterocycles. The van der Waals surface area contributed by atoms with Crippen LogP contribution in [0.2, 0.25) is 0 Å².